The fraction of sp³-hybridized carbons (Fsp3) is 0.286. The van der Waals surface area contributed by atoms with Crippen molar-refractivity contribution in [2.24, 2.45) is 0 Å². The molecule has 0 bridgehead atoms. The maximum Gasteiger partial charge on any atom is 0.270 e. The number of aromatic nitrogens is 1. The molecule has 1 fully saturated rings. The lowest BCUT2D eigenvalue weighted by atomic mass is 10.2. The lowest BCUT2D eigenvalue weighted by Gasteiger charge is -2.15. The van der Waals surface area contributed by atoms with Crippen LogP contribution in [-0.2, 0) is 0 Å². The first-order valence-electron chi connectivity index (χ1n) is 6.34. The molecule has 0 spiro atoms. The second-order valence-corrected chi connectivity index (χ2v) is 4.94. The number of benzene rings is 1. The minimum Gasteiger partial charge on any atom is -0.388 e. The zero-order valence-electron chi connectivity index (χ0n) is 10.6. The number of carbonyl (C=O) groups is 1. The van der Waals surface area contributed by atoms with Gasteiger partial charge < -0.3 is 20.1 Å². The molecule has 0 radical (unpaired) electrons. The van der Waals surface area contributed by atoms with Crippen molar-refractivity contribution in [2.75, 3.05) is 13.1 Å². The van der Waals surface area contributed by atoms with Crippen molar-refractivity contribution in [3.05, 3.63) is 46.2 Å². The molecule has 2 atom stereocenters. The van der Waals surface area contributed by atoms with E-state index >= 15 is 0 Å². The van der Waals surface area contributed by atoms with Crippen LogP contribution in [0.1, 0.15) is 10.5 Å². The fourth-order valence-electron chi connectivity index (χ4n) is 2.42. The molecule has 1 aliphatic rings. The Morgan fingerprint density at radius 1 is 1.20 bits per heavy atom. The van der Waals surface area contributed by atoms with Gasteiger partial charge in [0.05, 0.1) is 12.2 Å². The summed E-state index contributed by atoms with van der Waals surface area (Å²) >= 11 is 0. The number of rotatable bonds is 1. The molecule has 2 unspecified atom stereocenters. The third-order valence-electron chi connectivity index (χ3n) is 3.51. The normalized spacial score (nSPS) is 22.4. The summed E-state index contributed by atoms with van der Waals surface area (Å²) in [5.74, 6) is -0.400. The topological polar surface area (TPSA) is 93.6 Å². The van der Waals surface area contributed by atoms with E-state index in [0.29, 0.717) is 10.9 Å². The number of hydrogen-bond donors (Lipinski definition) is 3. The number of fused-ring (bicyclic) bond motifs is 1. The monoisotopic (exact) mass is 274 g/mol. The number of aliphatic hydroxyl groups is 2. The van der Waals surface area contributed by atoms with Gasteiger partial charge >= 0.3 is 0 Å². The highest BCUT2D eigenvalue weighted by atomic mass is 16.3. The molecule has 1 aromatic heterocycles. The number of nitrogens with zero attached hydrogens (tertiary/aromatic N) is 1. The summed E-state index contributed by atoms with van der Waals surface area (Å²) in [6, 6.07) is 8.19. The van der Waals surface area contributed by atoms with E-state index in [1.807, 2.05) is 0 Å². The van der Waals surface area contributed by atoms with Gasteiger partial charge in [0, 0.05) is 30.1 Å². The van der Waals surface area contributed by atoms with Gasteiger partial charge in [0.15, 0.2) is 5.43 Å². The molecule has 6 heteroatoms. The van der Waals surface area contributed by atoms with Crippen molar-refractivity contribution in [3.8, 4) is 0 Å². The highest BCUT2D eigenvalue weighted by molar-refractivity contribution is 5.95. The molecule has 6 nitrogen and oxygen atoms in total. The second-order valence-electron chi connectivity index (χ2n) is 4.94. The molecule has 20 heavy (non-hydrogen) atoms. The highest BCUT2D eigenvalue weighted by Crippen LogP contribution is 2.14. The van der Waals surface area contributed by atoms with Crippen LogP contribution in [0.5, 0.6) is 0 Å². The third kappa shape index (κ3) is 2.09. The predicted octanol–water partition coefficient (Wildman–Crippen LogP) is -0.294. The molecule has 2 heterocycles. The molecular formula is C14H14N2O4. The smallest absolute Gasteiger partial charge is 0.270 e. The molecule has 1 saturated heterocycles. The van der Waals surface area contributed by atoms with E-state index in [9.17, 15) is 19.8 Å². The fourth-order valence-corrected chi connectivity index (χ4v) is 2.42. The van der Waals surface area contributed by atoms with Crippen LogP contribution in [0, 0.1) is 0 Å². The van der Waals surface area contributed by atoms with E-state index in [4.69, 9.17) is 0 Å². The number of carbonyl (C=O) groups excluding carboxylic acids is 1. The Balaban J connectivity index is 1.98. The van der Waals surface area contributed by atoms with Crippen molar-refractivity contribution in [1.29, 1.82) is 0 Å². The van der Waals surface area contributed by atoms with Gasteiger partial charge in [-0.1, -0.05) is 12.1 Å². The van der Waals surface area contributed by atoms with Crippen LogP contribution in [0.15, 0.2) is 35.1 Å². The highest BCUT2D eigenvalue weighted by Gasteiger charge is 2.33. The summed E-state index contributed by atoms with van der Waals surface area (Å²) in [4.78, 5) is 28.5. The van der Waals surface area contributed by atoms with Crippen molar-refractivity contribution in [2.45, 2.75) is 12.2 Å². The minimum atomic E-state index is -0.939. The van der Waals surface area contributed by atoms with Crippen LogP contribution in [0.4, 0.5) is 0 Å². The zero-order valence-corrected chi connectivity index (χ0v) is 10.6. The lowest BCUT2D eigenvalue weighted by molar-refractivity contribution is 0.0572. The van der Waals surface area contributed by atoms with Crippen LogP contribution in [0.2, 0.25) is 0 Å². The van der Waals surface area contributed by atoms with E-state index in [1.54, 1.807) is 24.3 Å². The van der Waals surface area contributed by atoms with Crippen LogP contribution in [0.25, 0.3) is 10.9 Å². The Kier molecular flexibility index (Phi) is 3.04. The average molecular weight is 274 g/mol. The number of likely N-dealkylation sites (tertiary alicyclic amines) is 1. The zero-order chi connectivity index (χ0) is 14.3. The molecule has 1 aromatic carbocycles. The first-order valence-corrected chi connectivity index (χ1v) is 6.34. The van der Waals surface area contributed by atoms with Crippen molar-refractivity contribution < 1.29 is 15.0 Å². The molecule has 3 N–H and O–H groups in total. The molecule has 3 rings (SSSR count). The van der Waals surface area contributed by atoms with E-state index in [1.165, 1.54) is 11.0 Å². The van der Waals surface area contributed by atoms with Gasteiger partial charge in [-0.25, -0.2) is 0 Å². The number of pyridine rings is 1. The number of amides is 1. The summed E-state index contributed by atoms with van der Waals surface area (Å²) < 4.78 is 0. The number of H-pyrrole nitrogens is 1. The molecule has 2 aromatic rings. The van der Waals surface area contributed by atoms with Gasteiger partial charge in [-0.15, -0.1) is 0 Å². The first kappa shape index (κ1) is 12.8. The quantitative estimate of drug-likeness (QED) is 0.666. The van der Waals surface area contributed by atoms with Crippen molar-refractivity contribution >= 4 is 16.8 Å². The summed E-state index contributed by atoms with van der Waals surface area (Å²) in [5, 5.41) is 19.5. The van der Waals surface area contributed by atoms with Gasteiger partial charge in [0.1, 0.15) is 5.69 Å². The SMILES string of the molecule is O=C(c1cc(=O)c2ccccc2[nH]1)N1CC(O)C(O)C1. The summed E-state index contributed by atoms with van der Waals surface area (Å²) in [5.41, 5.74) is 0.515. The summed E-state index contributed by atoms with van der Waals surface area (Å²) in [6.45, 7) is 0.129. The van der Waals surface area contributed by atoms with Crippen LogP contribution < -0.4 is 5.43 Å². The maximum atomic E-state index is 12.3. The number of β-amino-alcohol motifs (C(OH)–C–C–N with tert-alkyl or cyclic N) is 2. The Morgan fingerprint density at radius 2 is 1.85 bits per heavy atom. The van der Waals surface area contributed by atoms with E-state index in [-0.39, 0.29) is 24.2 Å². The number of para-hydroxylation sites is 1. The third-order valence-corrected chi connectivity index (χ3v) is 3.51. The van der Waals surface area contributed by atoms with Crippen molar-refractivity contribution in [1.82, 2.24) is 9.88 Å². The summed E-state index contributed by atoms with van der Waals surface area (Å²) in [6.07, 6.45) is -1.88. The molecule has 0 saturated carbocycles. The Hall–Kier alpha value is -2.18. The van der Waals surface area contributed by atoms with Gasteiger partial charge in [-0.05, 0) is 12.1 Å². The van der Waals surface area contributed by atoms with E-state index < -0.39 is 18.1 Å². The molecule has 0 aliphatic carbocycles. The number of aromatic amines is 1. The predicted molar refractivity (Wildman–Crippen MR) is 72.5 cm³/mol. The molecule has 1 amide bonds. The van der Waals surface area contributed by atoms with Gasteiger partial charge in [0.25, 0.3) is 5.91 Å². The molecule has 104 valence electrons. The van der Waals surface area contributed by atoms with Gasteiger partial charge in [0.2, 0.25) is 0 Å². The Labute approximate surface area is 114 Å². The molecular weight excluding hydrogens is 260 g/mol. The van der Waals surface area contributed by atoms with Crippen LogP contribution in [-0.4, -0.2) is 51.3 Å². The van der Waals surface area contributed by atoms with Crippen molar-refractivity contribution in [3.63, 3.8) is 0 Å². The Bertz CT molecular complexity index is 714. The number of hydrogen-bond acceptors (Lipinski definition) is 4. The van der Waals surface area contributed by atoms with E-state index in [0.717, 1.165) is 0 Å². The van der Waals surface area contributed by atoms with Crippen LogP contribution in [0.3, 0.4) is 0 Å². The largest absolute Gasteiger partial charge is 0.388 e. The van der Waals surface area contributed by atoms with Gasteiger partial charge in [-0.2, -0.15) is 0 Å². The number of aliphatic hydroxyl groups excluding tert-OH is 2. The number of nitrogens with one attached hydrogen (secondary N) is 1. The average Bonchev–Trinajstić information content (AvgIpc) is 2.78. The minimum absolute atomic E-state index is 0.0643. The lowest BCUT2D eigenvalue weighted by Crippen LogP contribution is -2.31. The first-order chi connectivity index (χ1) is 9.56. The van der Waals surface area contributed by atoms with E-state index in [2.05, 4.69) is 4.98 Å². The molecule has 1 aliphatic heterocycles. The maximum absolute atomic E-state index is 12.3. The summed E-state index contributed by atoms with van der Waals surface area (Å²) in [7, 11) is 0. The second kappa shape index (κ2) is 4.73. The van der Waals surface area contributed by atoms with Gasteiger partial charge in [-0.3, -0.25) is 9.59 Å². The Morgan fingerprint density at radius 3 is 2.55 bits per heavy atom. The standard InChI is InChI=1S/C14H14N2O4/c17-11-5-10(15-9-4-2-1-3-8(9)11)14(20)16-6-12(18)13(19)7-16/h1-5,12-13,18-19H,6-7H2,(H,15,17). The van der Waals surface area contributed by atoms with Crippen LogP contribution >= 0.6 is 0 Å².